The molecule has 2 rings (SSSR count). The number of benzene rings is 1. The van der Waals surface area contributed by atoms with Crippen LogP contribution in [0.4, 0.5) is 11.4 Å². The first-order valence-electron chi connectivity index (χ1n) is 5.73. The molecule has 108 valence electrons. The summed E-state index contributed by atoms with van der Waals surface area (Å²) >= 11 is 0. The highest BCUT2D eigenvalue weighted by atomic mass is 16.6. The SMILES string of the molecule is Cc1[nH]ncc1C(=O)Nc1ccc([N+](=O)[O-])cc1C(=O)O. The van der Waals surface area contributed by atoms with Crippen molar-refractivity contribution in [3.63, 3.8) is 0 Å². The summed E-state index contributed by atoms with van der Waals surface area (Å²) in [7, 11) is 0. The largest absolute Gasteiger partial charge is 0.478 e. The van der Waals surface area contributed by atoms with Gasteiger partial charge in [-0.15, -0.1) is 0 Å². The second-order valence-corrected chi connectivity index (χ2v) is 4.15. The van der Waals surface area contributed by atoms with E-state index >= 15 is 0 Å². The Morgan fingerprint density at radius 2 is 2.10 bits per heavy atom. The Bertz CT molecular complexity index is 737. The topological polar surface area (TPSA) is 138 Å². The fraction of sp³-hybridized carbons (Fsp3) is 0.0833. The van der Waals surface area contributed by atoms with Crippen LogP contribution in [-0.2, 0) is 0 Å². The molecule has 9 heteroatoms. The maximum absolute atomic E-state index is 12.0. The molecule has 2 aromatic rings. The molecule has 3 N–H and O–H groups in total. The fourth-order valence-corrected chi connectivity index (χ4v) is 1.70. The van der Waals surface area contributed by atoms with Gasteiger partial charge < -0.3 is 10.4 Å². The maximum Gasteiger partial charge on any atom is 0.338 e. The van der Waals surface area contributed by atoms with Crippen molar-refractivity contribution in [1.82, 2.24) is 10.2 Å². The van der Waals surface area contributed by atoms with Gasteiger partial charge in [0.1, 0.15) is 0 Å². The molecule has 0 atom stereocenters. The summed E-state index contributed by atoms with van der Waals surface area (Å²) < 4.78 is 0. The Balaban J connectivity index is 2.36. The molecule has 0 saturated heterocycles. The number of nitro benzene ring substituents is 1. The Labute approximate surface area is 117 Å². The molecule has 0 spiro atoms. The van der Waals surface area contributed by atoms with Gasteiger partial charge in [-0.05, 0) is 13.0 Å². The number of hydrogen-bond donors (Lipinski definition) is 3. The molecular formula is C12H10N4O5. The number of carboxylic acids is 1. The third-order valence-electron chi connectivity index (χ3n) is 2.77. The first kappa shape index (κ1) is 14.2. The number of nitrogens with zero attached hydrogens (tertiary/aromatic N) is 2. The minimum atomic E-state index is -1.38. The van der Waals surface area contributed by atoms with Crippen molar-refractivity contribution in [1.29, 1.82) is 0 Å². The van der Waals surface area contributed by atoms with Gasteiger partial charge in [0.05, 0.1) is 27.9 Å². The Morgan fingerprint density at radius 3 is 2.62 bits per heavy atom. The highest BCUT2D eigenvalue weighted by Gasteiger charge is 2.19. The third kappa shape index (κ3) is 2.86. The molecule has 0 unspecified atom stereocenters. The summed E-state index contributed by atoms with van der Waals surface area (Å²) in [6.45, 7) is 1.63. The molecule has 1 aromatic heterocycles. The molecule has 1 aromatic carbocycles. The number of aromatic nitrogens is 2. The number of carboxylic acid groups (broad SMARTS) is 1. The molecule has 0 aliphatic carbocycles. The normalized spacial score (nSPS) is 10.1. The second kappa shape index (κ2) is 5.41. The number of carbonyl (C=O) groups excluding carboxylic acids is 1. The predicted octanol–water partition coefficient (Wildman–Crippen LogP) is 1.58. The number of aryl methyl sites for hydroxylation is 1. The molecular weight excluding hydrogens is 280 g/mol. The van der Waals surface area contributed by atoms with Crippen molar-refractivity contribution < 1.29 is 19.6 Å². The molecule has 0 aliphatic rings. The Hall–Kier alpha value is -3.23. The molecule has 1 amide bonds. The number of hydrogen-bond acceptors (Lipinski definition) is 5. The van der Waals surface area contributed by atoms with E-state index in [2.05, 4.69) is 15.5 Å². The number of non-ortho nitro benzene ring substituents is 1. The van der Waals surface area contributed by atoms with Crippen molar-refractivity contribution in [3.8, 4) is 0 Å². The van der Waals surface area contributed by atoms with Crippen LogP contribution in [0.3, 0.4) is 0 Å². The van der Waals surface area contributed by atoms with Gasteiger partial charge in [-0.25, -0.2) is 4.79 Å². The summed E-state index contributed by atoms with van der Waals surface area (Å²) in [5.74, 6) is -1.93. The number of H-pyrrole nitrogens is 1. The van der Waals surface area contributed by atoms with Gasteiger partial charge in [0, 0.05) is 17.8 Å². The minimum absolute atomic E-state index is 0.0290. The summed E-state index contributed by atoms with van der Waals surface area (Å²) in [6.07, 6.45) is 1.30. The van der Waals surface area contributed by atoms with E-state index in [0.717, 1.165) is 12.1 Å². The third-order valence-corrected chi connectivity index (χ3v) is 2.77. The number of rotatable bonds is 4. The average molecular weight is 290 g/mol. The van der Waals surface area contributed by atoms with Gasteiger partial charge >= 0.3 is 5.97 Å². The summed E-state index contributed by atoms with van der Waals surface area (Å²) in [4.78, 5) is 33.1. The zero-order chi connectivity index (χ0) is 15.6. The van der Waals surface area contributed by atoms with Gasteiger partial charge in [0.25, 0.3) is 11.6 Å². The van der Waals surface area contributed by atoms with Crippen LogP contribution in [0.5, 0.6) is 0 Å². The van der Waals surface area contributed by atoms with E-state index in [1.807, 2.05) is 0 Å². The van der Waals surface area contributed by atoms with E-state index in [4.69, 9.17) is 5.11 Å². The molecule has 0 radical (unpaired) electrons. The van der Waals surface area contributed by atoms with Gasteiger partial charge in [0.2, 0.25) is 0 Å². The van der Waals surface area contributed by atoms with E-state index < -0.39 is 16.8 Å². The number of amides is 1. The maximum atomic E-state index is 12.0. The molecule has 21 heavy (non-hydrogen) atoms. The summed E-state index contributed by atoms with van der Waals surface area (Å²) in [5, 5.41) is 28.4. The molecule has 1 heterocycles. The quantitative estimate of drug-likeness (QED) is 0.577. The number of nitrogens with one attached hydrogen (secondary N) is 2. The van der Waals surface area contributed by atoms with Crippen molar-refractivity contribution in [2.75, 3.05) is 5.32 Å². The molecule has 0 fully saturated rings. The molecule has 0 saturated carbocycles. The van der Waals surface area contributed by atoms with Crippen LogP contribution in [0.15, 0.2) is 24.4 Å². The van der Waals surface area contributed by atoms with E-state index in [1.54, 1.807) is 6.92 Å². The monoisotopic (exact) mass is 290 g/mol. The predicted molar refractivity (Wildman–Crippen MR) is 71.3 cm³/mol. The lowest BCUT2D eigenvalue weighted by atomic mass is 10.1. The second-order valence-electron chi connectivity index (χ2n) is 4.15. The van der Waals surface area contributed by atoms with Crippen LogP contribution in [-0.4, -0.2) is 32.1 Å². The number of nitro groups is 1. The van der Waals surface area contributed by atoms with Gasteiger partial charge in [-0.3, -0.25) is 20.0 Å². The van der Waals surface area contributed by atoms with Gasteiger partial charge in [-0.2, -0.15) is 5.10 Å². The highest BCUT2D eigenvalue weighted by molar-refractivity contribution is 6.08. The van der Waals surface area contributed by atoms with Crippen LogP contribution in [0.25, 0.3) is 0 Å². The lowest BCUT2D eigenvalue weighted by molar-refractivity contribution is -0.384. The Morgan fingerprint density at radius 1 is 1.38 bits per heavy atom. The number of aromatic amines is 1. The number of aromatic carboxylic acids is 1. The minimum Gasteiger partial charge on any atom is -0.478 e. The van der Waals surface area contributed by atoms with Crippen molar-refractivity contribution in [2.45, 2.75) is 6.92 Å². The summed E-state index contributed by atoms with van der Waals surface area (Å²) in [6, 6.07) is 3.18. The van der Waals surface area contributed by atoms with Crippen molar-refractivity contribution in [3.05, 3.63) is 51.3 Å². The van der Waals surface area contributed by atoms with E-state index in [9.17, 15) is 19.7 Å². The smallest absolute Gasteiger partial charge is 0.338 e. The molecule has 0 aliphatic heterocycles. The van der Waals surface area contributed by atoms with Crippen LogP contribution < -0.4 is 5.32 Å². The van der Waals surface area contributed by atoms with Crippen molar-refractivity contribution >= 4 is 23.3 Å². The lowest BCUT2D eigenvalue weighted by Gasteiger charge is -2.07. The first-order valence-corrected chi connectivity index (χ1v) is 5.73. The van der Waals surface area contributed by atoms with Crippen LogP contribution in [0, 0.1) is 17.0 Å². The molecule has 9 nitrogen and oxygen atoms in total. The van der Waals surface area contributed by atoms with Gasteiger partial charge in [0.15, 0.2) is 0 Å². The van der Waals surface area contributed by atoms with E-state index in [1.165, 1.54) is 12.3 Å². The van der Waals surface area contributed by atoms with Crippen LogP contribution in [0.2, 0.25) is 0 Å². The van der Waals surface area contributed by atoms with E-state index in [-0.39, 0.29) is 22.5 Å². The number of carbonyl (C=O) groups is 2. The standard InChI is InChI=1S/C12H10N4O5/c1-6-9(5-13-15-6)11(17)14-10-3-2-7(16(20)21)4-8(10)12(18)19/h2-5H,1H3,(H,13,15)(H,14,17)(H,18,19). The first-order chi connectivity index (χ1) is 9.90. The number of anilines is 1. The fourth-order valence-electron chi connectivity index (χ4n) is 1.70. The van der Waals surface area contributed by atoms with Crippen molar-refractivity contribution in [2.24, 2.45) is 0 Å². The molecule has 0 bridgehead atoms. The van der Waals surface area contributed by atoms with Gasteiger partial charge in [-0.1, -0.05) is 0 Å². The van der Waals surface area contributed by atoms with Crippen LogP contribution in [0.1, 0.15) is 26.4 Å². The zero-order valence-electron chi connectivity index (χ0n) is 10.8. The van der Waals surface area contributed by atoms with Crippen LogP contribution >= 0.6 is 0 Å². The average Bonchev–Trinajstić information content (AvgIpc) is 2.85. The summed E-state index contributed by atoms with van der Waals surface area (Å²) in [5.41, 5.74) is 0.0123. The lowest BCUT2D eigenvalue weighted by Crippen LogP contribution is -2.15. The highest BCUT2D eigenvalue weighted by Crippen LogP contribution is 2.23. The van der Waals surface area contributed by atoms with E-state index in [0.29, 0.717) is 5.69 Å². The zero-order valence-corrected chi connectivity index (χ0v) is 10.8. The Kier molecular flexibility index (Phi) is 3.65.